The van der Waals surface area contributed by atoms with Gasteiger partial charge in [0.15, 0.2) is 0 Å². The number of thioether (sulfide) groups is 1. The predicted octanol–water partition coefficient (Wildman–Crippen LogP) is 2.88. The first-order valence-electron chi connectivity index (χ1n) is 7.65. The number of hydrogen-bond donors (Lipinski definition) is 2. The highest BCUT2D eigenvalue weighted by atomic mass is 32.2. The smallest absolute Gasteiger partial charge is 0.327 e. The van der Waals surface area contributed by atoms with Gasteiger partial charge in [-0.05, 0) is 31.2 Å². The fourth-order valence-corrected chi connectivity index (χ4v) is 2.60. The maximum Gasteiger partial charge on any atom is 0.327 e. The zero-order valence-electron chi connectivity index (χ0n) is 13.8. The maximum absolute atomic E-state index is 11.8. The third kappa shape index (κ3) is 4.90. The van der Waals surface area contributed by atoms with Crippen molar-refractivity contribution in [3.05, 3.63) is 54.2 Å². The van der Waals surface area contributed by atoms with Gasteiger partial charge in [0.05, 0.1) is 5.75 Å². The van der Waals surface area contributed by atoms with Gasteiger partial charge in [-0.3, -0.25) is 15.4 Å². The molecule has 0 bridgehead atoms. The fraction of sp³-hybridized carbons (Fsp3) is 0.118. The number of aromatic nitrogens is 3. The highest BCUT2D eigenvalue weighted by Crippen LogP contribution is 2.23. The summed E-state index contributed by atoms with van der Waals surface area (Å²) in [5, 5.41) is 12.8. The Bertz CT molecular complexity index is 914. The van der Waals surface area contributed by atoms with Crippen molar-refractivity contribution >= 4 is 29.5 Å². The second kappa shape index (κ2) is 8.26. The number of anilines is 1. The summed E-state index contributed by atoms with van der Waals surface area (Å²) in [5.41, 5.74) is 1.89. The first kappa shape index (κ1) is 17.6. The van der Waals surface area contributed by atoms with Gasteiger partial charge < -0.3 is 4.42 Å². The summed E-state index contributed by atoms with van der Waals surface area (Å²) in [6, 6.07) is 12.1. The van der Waals surface area contributed by atoms with Crippen LogP contribution in [0.2, 0.25) is 0 Å². The number of benzene rings is 1. The topological polar surface area (TPSA) is 110 Å². The van der Waals surface area contributed by atoms with Crippen molar-refractivity contribution in [1.29, 1.82) is 0 Å². The van der Waals surface area contributed by atoms with E-state index in [0.29, 0.717) is 11.7 Å². The molecule has 0 spiro atoms. The lowest BCUT2D eigenvalue weighted by Crippen LogP contribution is -2.35. The Morgan fingerprint density at radius 2 is 2.04 bits per heavy atom. The number of rotatable bonds is 5. The van der Waals surface area contributed by atoms with Gasteiger partial charge in [0, 0.05) is 11.8 Å². The summed E-state index contributed by atoms with van der Waals surface area (Å²) in [4.78, 5) is 27.5. The van der Waals surface area contributed by atoms with Crippen molar-refractivity contribution in [2.75, 3.05) is 11.1 Å². The molecule has 3 rings (SSSR count). The molecule has 0 unspecified atom stereocenters. The monoisotopic (exact) mass is 369 g/mol. The second-order valence-electron chi connectivity index (χ2n) is 5.25. The van der Waals surface area contributed by atoms with Crippen LogP contribution in [0.1, 0.15) is 5.56 Å². The van der Waals surface area contributed by atoms with E-state index in [1.165, 1.54) is 6.20 Å². The number of carbonyl (C=O) groups excluding carboxylic acids is 2. The molecule has 9 heteroatoms. The van der Waals surface area contributed by atoms with E-state index in [4.69, 9.17) is 4.42 Å². The minimum atomic E-state index is -0.653. The van der Waals surface area contributed by atoms with Crippen LogP contribution in [0.15, 0.2) is 58.3 Å². The average Bonchev–Trinajstić information content (AvgIpc) is 3.10. The zero-order chi connectivity index (χ0) is 18.4. The van der Waals surface area contributed by atoms with Crippen LogP contribution in [0.5, 0.6) is 0 Å². The van der Waals surface area contributed by atoms with Crippen LogP contribution in [0, 0.1) is 6.92 Å². The van der Waals surface area contributed by atoms with E-state index in [0.717, 1.165) is 22.9 Å². The van der Waals surface area contributed by atoms with Crippen molar-refractivity contribution in [3.8, 4) is 11.5 Å². The molecule has 132 valence electrons. The van der Waals surface area contributed by atoms with Crippen molar-refractivity contribution in [2.24, 2.45) is 0 Å². The SMILES string of the molecule is Cc1cccc(-c2nnc(SCC(=O)NC(=O)Nc3ccccn3)o2)c1. The number of amides is 3. The highest BCUT2D eigenvalue weighted by Gasteiger charge is 2.13. The van der Waals surface area contributed by atoms with Crippen LogP contribution in [0.3, 0.4) is 0 Å². The van der Waals surface area contributed by atoms with E-state index in [2.05, 4.69) is 25.8 Å². The number of nitrogens with zero attached hydrogens (tertiary/aromatic N) is 3. The number of aryl methyl sites for hydroxylation is 1. The van der Waals surface area contributed by atoms with Crippen LogP contribution in [0.4, 0.5) is 10.6 Å². The third-order valence-electron chi connectivity index (χ3n) is 3.16. The summed E-state index contributed by atoms with van der Waals surface area (Å²) in [5.74, 6) is 0.207. The molecule has 0 aliphatic rings. The van der Waals surface area contributed by atoms with Crippen molar-refractivity contribution in [1.82, 2.24) is 20.5 Å². The fourth-order valence-electron chi connectivity index (χ4n) is 2.04. The molecule has 2 aromatic heterocycles. The van der Waals surface area contributed by atoms with Crippen LogP contribution in [-0.2, 0) is 4.79 Å². The zero-order valence-corrected chi connectivity index (χ0v) is 14.6. The maximum atomic E-state index is 11.8. The summed E-state index contributed by atoms with van der Waals surface area (Å²) >= 11 is 1.05. The average molecular weight is 369 g/mol. The largest absolute Gasteiger partial charge is 0.411 e. The molecule has 1 aromatic carbocycles. The summed E-state index contributed by atoms with van der Waals surface area (Å²) in [6.07, 6.45) is 1.54. The quantitative estimate of drug-likeness (QED) is 0.665. The van der Waals surface area contributed by atoms with E-state index >= 15 is 0 Å². The lowest BCUT2D eigenvalue weighted by Gasteiger charge is -2.04. The minimum Gasteiger partial charge on any atom is -0.411 e. The van der Waals surface area contributed by atoms with Gasteiger partial charge in [0.2, 0.25) is 11.8 Å². The molecule has 3 amide bonds. The first-order valence-corrected chi connectivity index (χ1v) is 8.64. The Morgan fingerprint density at radius 1 is 1.15 bits per heavy atom. The Hall–Kier alpha value is -3.20. The Balaban J connectivity index is 1.49. The predicted molar refractivity (Wildman–Crippen MR) is 96.6 cm³/mol. The molecule has 0 saturated carbocycles. The van der Waals surface area contributed by atoms with Crippen LogP contribution < -0.4 is 10.6 Å². The number of nitrogens with one attached hydrogen (secondary N) is 2. The number of urea groups is 1. The molecule has 0 fully saturated rings. The van der Waals surface area contributed by atoms with Crippen LogP contribution in [0.25, 0.3) is 11.5 Å². The Morgan fingerprint density at radius 3 is 2.81 bits per heavy atom. The van der Waals surface area contributed by atoms with E-state index < -0.39 is 11.9 Å². The molecule has 2 heterocycles. The lowest BCUT2D eigenvalue weighted by atomic mass is 10.1. The molecule has 8 nitrogen and oxygen atoms in total. The van der Waals surface area contributed by atoms with Gasteiger partial charge in [-0.2, -0.15) is 0 Å². The lowest BCUT2D eigenvalue weighted by molar-refractivity contribution is -0.117. The molecular formula is C17H15N5O3S. The Labute approximate surface area is 153 Å². The molecule has 0 aliphatic carbocycles. The van der Waals surface area contributed by atoms with E-state index in [-0.39, 0.29) is 11.0 Å². The molecule has 3 aromatic rings. The first-order chi connectivity index (χ1) is 12.6. The number of carbonyl (C=O) groups is 2. The number of imide groups is 1. The molecule has 0 saturated heterocycles. The van der Waals surface area contributed by atoms with Crippen molar-refractivity contribution < 1.29 is 14.0 Å². The molecule has 0 radical (unpaired) electrons. The highest BCUT2D eigenvalue weighted by molar-refractivity contribution is 7.99. The molecule has 2 N–H and O–H groups in total. The molecule has 0 atom stereocenters. The second-order valence-corrected chi connectivity index (χ2v) is 6.18. The van der Waals surface area contributed by atoms with Crippen molar-refractivity contribution in [3.63, 3.8) is 0 Å². The minimum absolute atomic E-state index is 0.0366. The van der Waals surface area contributed by atoms with E-state index in [9.17, 15) is 9.59 Å². The normalized spacial score (nSPS) is 10.3. The number of pyridine rings is 1. The van der Waals surface area contributed by atoms with Gasteiger partial charge in [0.25, 0.3) is 5.22 Å². The van der Waals surface area contributed by atoms with Crippen molar-refractivity contribution in [2.45, 2.75) is 12.1 Å². The standard InChI is InChI=1S/C17H15N5O3S/c1-11-5-4-6-12(9-11)15-21-22-17(25-15)26-10-14(23)20-16(24)19-13-7-2-3-8-18-13/h2-9H,10H2,1H3,(H2,18,19,20,23,24). The van der Waals surface area contributed by atoms with Gasteiger partial charge >= 0.3 is 6.03 Å². The third-order valence-corrected chi connectivity index (χ3v) is 3.98. The summed E-state index contributed by atoms with van der Waals surface area (Å²) in [7, 11) is 0. The van der Waals surface area contributed by atoms with Gasteiger partial charge in [-0.25, -0.2) is 9.78 Å². The molecular weight excluding hydrogens is 354 g/mol. The molecule has 26 heavy (non-hydrogen) atoms. The Kier molecular flexibility index (Phi) is 5.59. The van der Waals surface area contributed by atoms with E-state index in [1.807, 2.05) is 31.2 Å². The molecule has 0 aliphatic heterocycles. The van der Waals surface area contributed by atoms with E-state index in [1.54, 1.807) is 18.2 Å². The summed E-state index contributed by atoms with van der Waals surface area (Å²) < 4.78 is 5.53. The number of hydrogen-bond acceptors (Lipinski definition) is 7. The van der Waals surface area contributed by atoms with Crippen LogP contribution >= 0.6 is 11.8 Å². The van der Waals surface area contributed by atoms with Gasteiger partial charge in [-0.15, -0.1) is 10.2 Å². The van der Waals surface area contributed by atoms with Crippen LogP contribution in [-0.4, -0.2) is 32.9 Å². The summed E-state index contributed by atoms with van der Waals surface area (Å²) in [6.45, 7) is 1.97. The van der Waals surface area contributed by atoms with Gasteiger partial charge in [-0.1, -0.05) is 35.5 Å². The van der Waals surface area contributed by atoms with Gasteiger partial charge in [0.1, 0.15) is 5.82 Å².